The number of sulfonamides is 1. The van der Waals surface area contributed by atoms with Crippen molar-refractivity contribution >= 4 is 15.7 Å². The first-order valence-electron chi connectivity index (χ1n) is 5.75. The molecule has 1 aliphatic heterocycles. The van der Waals surface area contributed by atoms with Gasteiger partial charge in [0.15, 0.2) is 0 Å². The normalized spacial score (nSPS) is 23.0. The molecule has 0 unspecified atom stereocenters. The molecule has 0 amide bonds. The molecular weight excluding hydrogens is 236 g/mol. The van der Waals surface area contributed by atoms with Crippen molar-refractivity contribution in [2.24, 2.45) is 5.73 Å². The van der Waals surface area contributed by atoms with Crippen LogP contribution in [-0.2, 0) is 10.0 Å². The minimum Gasteiger partial charge on any atom is -0.329 e. The van der Waals surface area contributed by atoms with E-state index in [9.17, 15) is 8.42 Å². The van der Waals surface area contributed by atoms with Crippen LogP contribution in [0.4, 0.5) is 5.69 Å². The van der Waals surface area contributed by atoms with E-state index in [1.165, 1.54) is 4.31 Å². The molecule has 0 spiro atoms. The Balaban J connectivity index is 2.42. The third kappa shape index (κ3) is 2.17. The van der Waals surface area contributed by atoms with E-state index in [-0.39, 0.29) is 6.54 Å². The van der Waals surface area contributed by atoms with Crippen molar-refractivity contribution in [1.82, 2.24) is 0 Å². The molecule has 0 radical (unpaired) electrons. The summed E-state index contributed by atoms with van der Waals surface area (Å²) >= 11 is 0. The highest BCUT2D eigenvalue weighted by atomic mass is 32.2. The number of anilines is 1. The molecule has 1 saturated heterocycles. The maximum Gasteiger partial charge on any atom is 0.239 e. The summed E-state index contributed by atoms with van der Waals surface area (Å²) in [6, 6.07) is 5.85. The third-order valence-corrected chi connectivity index (χ3v) is 5.42. The van der Waals surface area contributed by atoms with Gasteiger partial charge in [-0.15, -0.1) is 0 Å². The molecule has 2 rings (SSSR count). The topological polar surface area (TPSA) is 63.4 Å². The summed E-state index contributed by atoms with van der Waals surface area (Å²) in [5, 5.41) is -0.427. The molecule has 0 saturated carbocycles. The first-order chi connectivity index (χ1) is 7.95. The number of hydrogen-bond donors (Lipinski definition) is 1. The Kier molecular flexibility index (Phi) is 3.14. The molecular formula is C12H18N2O2S. The van der Waals surface area contributed by atoms with Crippen molar-refractivity contribution in [2.45, 2.75) is 25.5 Å². The van der Waals surface area contributed by atoms with Gasteiger partial charge in [0.25, 0.3) is 0 Å². The first-order valence-corrected chi connectivity index (χ1v) is 7.25. The van der Waals surface area contributed by atoms with E-state index in [1.807, 2.05) is 32.0 Å². The molecule has 1 heterocycles. The Morgan fingerprint density at radius 2 is 1.88 bits per heavy atom. The molecule has 94 valence electrons. The molecule has 17 heavy (non-hydrogen) atoms. The van der Waals surface area contributed by atoms with Crippen LogP contribution >= 0.6 is 0 Å². The van der Waals surface area contributed by atoms with Gasteiger partial charge in [-0.25, -0.2) is 8.42 Å². The fraction of sp³-hybridized carbons (Fsp3) is 0.500. The van der Waals surface area contributed by atoms with Crippen LogP contribution in [-0.4, -0.2) is 26.8 Å². The third-order valence-electron chi connectivity index (χ3n) is 3.14. The second kappa shape index (κ2) is 4.31. The van der Waals surface area contributed by atoms with Crippen LogP contribution in [0.2, 0.25) is 0 Å². The average molecular weight is 254 g/mol. The minimum atomic E-state index is -3.26. The van der Waals surface area contributed by atoms with Gasteiger partial charge in [-0.05, 0) is 43.5 Å². The summed E-state index contributed by atoms with van der Waals surface area (Å²) < 4.78 is 25.9. The molecule has 0 aliphatic carbocycles. The summed E-state index contributed by atoms with van der Waals surface area (Å²) in [6.07, 6.45) is 0.617. The van der Waals surface area contributed by atoms with E-state index < -0.39 is 15.3 Å². The van der Waals surface area contributed by atoms with E-state index in [1.54, 1.807) is 0 Å². The molecule has 2 N–H and O–H groups in total. The van der Waals surface area contributed by atoms with Crippen molar-refractivity contribution in [3.8, 4) is 0 Å². The van der Waals surface area contributed by atoms with Crippen LogP contribution in [0.1, 0.15) is 17.5 Å². The summed E-state index contributed by atoms with van der Waals surface area (Å²) in [5.41, 5.74) is 8.42. The molecule has 1 aromatic carbocycles. The van der Waals surface area contributed by atoms with Crippen LogP contribution in [0.15, 0.2) is 18.2 Å². The number of aryl methyl sites for hydroxylation is 2. The predicted molar refractivity (Wildman–Crippen MR) is 69.6 cm³/mol. The van der Waals surface area contributed by atoms with E-state index >= 15 is 0 Å². The van der Waals surface area contributed by atoms with Gasteiger partial charge in [-0.2, -0.15) is 0 Å². The van der Waals surface area contributed by atoms with Gasteiger partial charge < -0.3 is 5.73 Å². The van der Waals surface area contributed by atoms with Crippen molar-refractivity contribution < 1.29 is 8.42 Å². The average Bonchev–Trinajstić information content (AvgIpc) is 2.51. The Labute approximate surface area is 102 Å². The molecule has 1 aromatic rings. The van der Waals surface area contributed by atoms with E-state index in [0.717, 1.165) is 16.8 Å². The largest absolute Gasteiger partial charge is 0.329 e. The second-order valence-corrected chi connectivity index (χ2v) is 6.75. The molecule has 1 fully saturated rings. The highest BCUT2D eigenvalue weighted by Crippen LogP contribution is 2.29. The summed E-state index contributed by atoms with van der Waals surface area (Å²) in [7, 11) is -3.26. The zero-order valence-electron chi connectivity index (χ0n) is 10.2. The Morgan fingerprint density at radius 1 is 1.29 bits per heavy atom. The van der Waals surface area contributed by atoms with Gasteiger partial charge in [-0.3, -0.25) is 4.31 Å². The highest BCUT2D eigenvalue weighted by Gasteiger charge is 2.37. The van der Waals surface area contributed by atoms with Crippen LogP contribution in [0.3, 0.4) is 0 Å². The number of nitrogens with zero attached hydrogens (tertiary/aromatic N) is 1. The SMILES string of the molecule is Cc1cc(C)cc(N2CC[C@@H](CN)S2(=O)=O)c1. The van der Waals surface area contributed by atoms with Crippen molar-refractivity contribution in [3.63, 3.8) is 0 Å². The lowest BCUT2D eigenvalue weighted by molar-refractivity contribution is 0.588. The van der Waals surface area contributed by atoms with Crippen LogP contribution < -0.4 is 10.0 Å². The number of hydrogen-bond acceptors (Lipinski definition) is 3. The van der Waals surface area contributed by atoms with Gasteiger partial charge in [-0.1, -0.05) is 6.07 Å². The molecule has 1 aliphatic rings. The van der Waals surface area contributed by atoms with Crippen molar-refractivity contribution in [2.75, 3.05) is 17.4 Å². The minimum absolute atomic E-state index is 0.198. The predicted octanol–water partition coefficient (Wildman–Crippen LogP) is 1.17. The zero-order chi connectivity index (χ0) is 12.6. The lowest BCUT2D eigenvalue weighted by Crippen LogP contribution is -2.33. The van der Waals surface area contributed by atoms with Gasteiger partial charge in [0, 0.05) is 13.1 Å². The van der Waals surface area contributed by atoms with E-state index in [4.69, 9.17) is 5.73 Å². The van der Waals surface area contributed by atoms with Crippen molar-refractivity contribution in [3.05, 3.63) is 29.3 Å². The monoisotopic (exact) mass is 254 g/mol. The van der Waals surface area contributed by atoms with Crippen LogP contribution in [0.5, 0.6) is 0 Å². The van der Waals surface area contributed by atoms with Gasteiger partial charge in [0.1, 0.15) is 0 Å². The standard InChI is InChI=1S/C12H18N2O2S/c1-9-5-10(2)7-11(6-9)14-4-3-12(8-13)17(14,15)16/h5-7,12H,3-4,8,13H2,1-2H3/t12-/m0/s1. The summed E-state index contributed by atoms with van der Waals surface area (Å²) in [6.45, 7) is 4.68. The highest BCUT2D eigenvalue weighted by molar-refractivity contribution is 7.93. The van der Waals surface area contributed by atoms with Gasteiger partial charge in [0.2, 0.25) is 10.0 Å². The van der Waals surface area contributed by atoms with Gasteiger partial charge in [0.05, 0.1) is 10.9 Å². The van der Waals surface area contributed by atoms with E-state index in [2.05, 4.69) is 0 Å². The summed E-state index contributed by atoms with van der Waals surface area (Å²) in [4.78, 5) is 0. The molecule has 0 bridgehead atoms. The molecule has 0 aromatic heterocycles. The van der Waals surface area contributed by atoms with Gasteiger partial charge >= 0.3 is 0 Å². The maximum absolute atomic E-state index is 12.2. The number of benzene rings is 1. The lowest BCUT2D eigenvalue weighted by atomic mass is 10.1. The smallest absolute Gasteiger partial charge is 0.239 e. The lowest BCUT2D eigenvalue weighted by Gasteiger charge is -2.19. The Bertz CT molecular complexity index is 505. The fourth-order valence-corrected chi connectivity index (χ4v) is 4.09. The van der Waals surface area contributed by atoms with Crippen LogP contribution in [0.25, 0.3) is 0 Å². The van der Waals surface area contributed by atoms with Crippen molar-refractivity contribution in [1.29, 1.82) is 0 Å². The number of rotatable bonds is 2. The zero-order valence-corrected chi connectivity index (χ0v) is 11.0. The molecule has 5 heteroatoms. The molecule has 1 atom stereocenters. The summed E-state index contributed by atoms with van der Waals surface area (Å²) in [5.74, 6) is 0. The Morgan fingerprint density at radius 3 is 2.35 bits per heavy atom. The quantitative estimate of drug-likeness (QED) is 0.861. The maximum atomic E-state index is 12.2. The number of nitrogens with two attached hydrogens (primary N) is 1. The molecule has 4 nitrogen and oxygen atoms in total. The van der Waals surface area contributed by atoms with E-state index in [0.29, 0.717) is 13.0 Å². The second-order valence-electron chi connectivity index (χ2n) is 4.61. The first kappa shape index (κ1) is 12.4. The van der Waals surface area contributed by atoms with Crippen LogP contribution in [0, 0.1) is 13.8 Å². The Hall–Kier alpha value is -1.07. The fourth-order valence-electron chi connectivity index (χ4n) is 2.33.